The maximum absolute atomic E-state index is 2.71. The average Bonchev–Trinajstić information content (AvgIpc) is 1.47. The number of para-hydroxylation sites is 2. The van der Waals surface area contributed by atoms with Crippen LogP contribution in [-0.2, 0) is 21.7 Å². The Kier molecular flexibility index (Phi) is 12.6. The zero-order chi connectivity index (χ0) is 58.9. The van der Waals surface area contributed by atoms with Gasteiger partial charge in [0, 0.05) is 44.5 Å². The van der Waals surface area contributed by atoms with Gasteiger partial charge in [-0.05, 0) is 146 Å². The van der Waals surface area contributed by atoms with Crippen LogP contribution < -0.4 is 21.3 Å². The molecule has 0 bridgehead atoms. The maximum Gasteiger partial charge on any atom is 0.252 e. The number of anilines is 3. The Labute approximate surface area is 503 Å². The normalized spacial score (nSPS) is 13.1. The third kappa shape index (κ3) is 9.17. The van der Waals surface area contributed by atoms with Gasteiger partial charge in [0.05, 0.1) is 11.2 Å². The third-order valence-corrected chi connectivity index (χ3v) is 18.4. The van der Waals surface area contributed by atoms with E-state index in [1.807, 2.05) is 0 Å². The van der Waals surface area contributed by atoms with E-state index in [4.69, 9.17) is 0 Å². The number of benzene rings is 11. The summed E-state index contributed by atoms with van der Waals surface area (Å²) in [6.07, 6.45) is 0. The standard InChI is InChI=1S/C82H75BN2/c1-79(2,3)58-40-38-52(39-41-58)56-46-69-67-33-22-20-31-65(67)64-30-19-21-32-66(64)68-34-23-24-37-72(68)84-74-48-57(55-44-60(81(7,8)9)50-61(45-55)82(10,11)12)49-75-76(74)83(71(47-56)78(69)84)70-43-42-59(80(4,5)6)51-73(70)85(75)77-62(53-26-15-13-16-27-53)35-25-36-63(77)54-28-17-14-18-29-54/h13-51H,1-12H3. The monoisotopic (exact) mass is 1100 g/mol. The van der Waals surface area contributed by atoms with Crippen LogP contribution in [0.3, 0.4) is 0 Å². The van der Waals surface area contributed by atoms with Crippen molar-refractivity contribution in [3.63, 3.8) is 0 Å². The molecule has 0 saturated carbocycles. The molecule has 0 amide bonds. The van der Waals surface area contributed by atoms with Gasteiger partial charge >= 0.3 is 0 Å². The lowest BCUT2D eigenvalue weighted by atomic mass is 9.33. The van der Waals surface area contributed by atoms with Gasteiger partial charge in [-0.2, -0.15) is 0 Å². The highest BCUT2D eigenvalue weighted by Gasteiger charge is 2.44. The molecule has 12 aromatic rings. The van der Waals surface area contributed by atoms with Crippen molar-refractivity contribution in [3.8, 4) is 50.2 Å². The zero-order valence-corrected chi connectivity index (χ0v) is 51.5. The molecule has 14 rings (SSSR count). The SMILES string of the molecule is CC(C)(C)c1ccc(-c2cc3c4c(c2)c2ccccc2c2ccccc2c2ccccc2n4-c2cc(-c4cc(C(C)(C)C)cc(C(C)(C)C)c4)cc4c2B3c2ccc(C(C)(C)C)cc2N4c2c(-c3ccccc3)cccc2-c2ccccc2)cc1. The summed E-state index contributed by atoms with van der Waals surface area (Å²) in [5, 5.41) is 7.29. The molecule has 1 aromatic heterocycles. The predicted molar refractivity (Wildman–Crippen MR) is 369 cm³/mol. The molecule has 0 saturated heterocycles. The van der Waals surface area contributed by atoms with Gasteiger partial charge in [-0.25, -0.2) is 0 Å². The van der Waals surface area contributed by atoms with Crippen molar-refractivity contribution >= 4 is 83.5 Å². The summed E-state index contributed by atoms with van der Waals surface area (Å²) in [6.45, 7) is 28.0. The fraction of sp³-hybridized carbons (Fsp3) is 0.195. The quantitative estimate of drug-likeness (QED) is 0.156. The first-order chi connectivity index (χ1) is 40.7. The molecule has 0 spiro atoms. The fourth-order valence-corrected chi connectivity index (χ4v) is 13.7. The van der Waals surface area contributed by atoms with Crippen molar-refractivity contribution in [2.45, 2.75) is 105 Å². The summed E-state index contributed by atoms with van der Waals surface area (Å²) in [5.74, 6) is 0. The Morgan fingerprint density at radius 3 is 1.29 bits per heavy atom. The van der Waals surface area contributed by atoms with Crippen molar-refractivity contribution in [3.05, 3.63) is 259 Å². The highest BCUT2D eigenvalue weighted by Crippen LogP contribution is 2.51. The number of aromatic nitrogens is 1. The molecule has 2 nitrogen and oxygen atoms in total. The van der Waals surface area contributed by atoms with Gasteiger partial charge in [0.1, 0.15) is 0 Å². The zero-order valence-electron chi connectivity index (χ0n) is 51.5. The summed E-state index contributed by atoms with van der Waals surface area (Å²) in [6, 6.07) is 91.2. The molecular formula is C82H75BN2. The van der Waals surface area contributed by atoms with E-state index < -0.39 is 0 Å². The number of hydrogen-bond donors (Lipinski definition) is 0. The molecule has 0 atom stereocenters. The molecule has 11 aromatic carbocycles. The molecule has 0 radical (unpaired) electrons. The van der Waals surface area contributed by atoms with Crippen LogP contribution in [0.15, 0.2) is 237 Å². The van der Waals surface area contributed by atoms with E-state index >= 15 is 0 Å². The summed E-state index contributed by atoms with van der Waals surface area (Å²) in [4.78, 5) is 2.71. The molecule has 3 heteroatoms. The Morgan fingerprint density at radius 2 is 0.741 bits per heavy atom. The van der Waals surface area contributed by atoms with E-state index in [1.54, 1.807) is 0 Å². The second kappa shape index (κ2) is 19.9. The minimum Gasteiger partial charge on any atom is -0.310 e. The molecule has 2 aliphatic rings. The van der Waals surface area contributed by atoms with Crippen LogP contribution in [-0.4, -0.2) is 11.3 Å². The predicted octanol–water partition coefficient (Wildman–Crippen LogP) is 20.7. The van der Waals surface area contributed by atoms with Gasteiger partial charge in [-0.1, -0.05) is 289 Å². The number of hydrogen-bond acceptors (Lipinski definition) is 1. The van der Waals surface area contributed by atoms with Crippen LogP contribution in [0, 0.1) is 0 Å². The fourth-order valence-electron chi connectivity index (χ4n) is 13.7. The topological polar surface area (TPSA) is 8.17 Å². The Balaban J connectivity index is 1.26. The number of fused-ring (bicyclic) bond motifs is 11. The van der Waals surface area contributed by atoms with Crippen molar-refractivity contribution in [2.24, 2.45) is 0 Å². The molecule has 85 heavy (non-hydrogen) atoms. The number of rotatable bonds is 5. The molecule has 0 fully saturated rings. The van der Waals surface area contributed by atoms with Crippen LogP contribution in [0.1, 0.15) is 105 Å². The lowest BCUT2D eigenvalue weighted by Gasteiger charge is -2.43. The molecule has 0 N–H and O–H groups in total. The van der Waals surface area contributed by atoms with Crippen LogP contribution in [0.4, 0.5) is 17.1 Å². The maximum atomic E-state index is 2.71. The Morgan fingerprint density at radius 1 is 0.282 bits per heavy atom. The van der Waals surface area contributed by atoms with Crippen LogP contribution in [0.5, 0.6) is 0 Å². The second-order valence-corrected chi connectivity index (χ2v) is 28.2. The summed E-state index contributed by atoms with van der Waals surface area (Å²) in [5.41, 5.74) is 25.4. The van der Waals surface area contributed by atoms with E-state index in [-0.39, 0.29) is 28.4 Å². The molecule has 0 unspecified atom stereocenters. The summed E-state index contributed by atoms with van der Waals surface area (Å²) < 4.78 is 2.70. The van der Waals surface area contributed by atoms with E-state index in [2.05, 4.69) is 329 Å². The average molecular weight is 1100 g/mol. The van der Waals surface area contributed by atoms with Gasteiger partial charge in [-0.15, -0.1) is 0 Å². The second-order valence-electron chi connectivity index (χ2n) is 28.2. The third-order valence-electron chi connectivity index (χ3n) is 18.4. The van der Waals surface area contributed by atoms with Crippen molar-refractivity contribution < 1.29 is 0 Å². The van der Waals surface area contributed by atoms with Crippen LogP contribution >= 0.6 is 0 Å². The molecular weight excluding hydrogens is 1020 g/mol. The Bertz CT molecular complexity index is 4630. The van der Waals surface area contributed by atoms with Gasteiger partial charge in [0.15, 0.2) is 0 Å². The molecule has 0 aliphatic carbocycles. The lowest BCUT2D eigenvalue weighted by molar-refractivity contribution is 0.569. The first-order valence-corrected chi connectivity index (χ1v) is 30.6. The summed E-state index contributed by atoms with van der Waals surface area (Å²) in [7, 11) is 0. The molecule has 3 heterocycles. The minimum atomic E-state index is -0.171. The van der Waals surface area contributed by atoms with Crippen LogP contribution in [0.2, 0.25) is 0 Å². The minimum absolute atomic E-state index is 0.0133. The van der Waals surface area contributed by atoms with Gasteiger partial charge < -0.3 is 9.47 Å². The van der Waals surface area contributed by atoms with Gasteiger partial charge in [0.25, 0.3) is 6.71 Å². The largest absolute Gasteiger partial charge is 0.310 e. The van der Waals surface area contributed by atoms with E-state index in [0.29, 0.717) is 0 Å². The smallest absolute Gasteiger partial charge is 0.252 e. The van der Waals surface area contributed by atoms with E-state index in [9.17, 15) is 0 Å². The first-order valence-electron chi connectivity index (χ1n) is 30.6. The van der Waals surface area contributed by atoms with Gasteiger partial charge in [0.2, 0.25) is 0 Å². The summed E-state index contributed by atoms with van der Waals surface area (Å²) >= 11 is 0. The Hall–Kier alpha value is -8.92. The van der Waals surface area contributed by atoms with Crippen molar-refractivity contribution in [1.82, 2.24) is 4.57 Å². The first kappa shape index (κ1) is 54.1. The van der Waals surface area contributed by atoms with Crippen LogP contribution in [0.25, 0.3) is 93.5 Å². The highest BCUT2D eigenvalue weighted by molar-refractivity contribution is 7.00. The van der Waals surface area contributed by atoms with Crippen molar-refractivity contribution in [2.75, 3.05) is 4.90 Å². The van der Waals surface area contributed by atoms with E-state index in [0.717, 1.165) is 11.2 Å². The highest BCUT2D eigenvalue weighted by atomic mass is 15.2. The molecule has 2 aliphatic heterocycles. The van der Waals surface area contributed by atoms with E-state index in [1.165, 1.54) is 138 Å². The molecule has 416 valence electrons. The van der Waals surface area contributed by atoms with Gasteiger partial charge in [-0.3, -0.25) is 0 Å². The van der Waals surface area contributed by atoms with Crippen molar-refractivity contribution in [1.29, 1.82) is 0 Å². The lowest BCUT2D eigenvalue weighted by Crippen LogP contribution is -2.60. The number of nitrogens with zero attached hydrogens (tertiary/aromatic N) is 2.